The maximum Gasteiger partial charge on any atom is 0.252 e. The number of hydrogen-bond acceptors (Lipinski definition) is 1. The van der Waals surface area contributed by atoms with Crippen molar-refractivity contribution in [3.05, 3.63) is 0 Å². The minimum Gasteiger partial charge on any atom is -0.314 e. The third-order valence-corrected chi connectivity index (χ3v) is 4.13. The summed E-state index contributed by atoms with van der Waals surface area (Å²) < 4.78 is 28.1. The van der Waals surface area contributed by atoms with E-state index < -0.39 is 5.92 Å². The van der Waals surface area contributed by atoms with Gasteiger partial charge < -0.3 is 5.32 Å². The minimum absolute atomic E-state index is 0.0608. The molecule has 0 bridgehead atoms. The number of nitrogens with one attached hydrogen (secondary N) is 1. The molecule has 1 aliphatic carbocycles. The molecule has 1 N–H and O–H groups in total. The molecule has 1 atom stereocenters. The van der Waals surface area contributed by atoms with Gasteiger partial charge in [0.15, 0.2) is 0 Å². The highest BCUT2D eigenvalue weighted by Crippen LogP contribution is 2.40. The first-order valence-electron chi connectivity index (χ1n) is 6.80. The fraction of sp³-hybridized carbons (Fsp3) is 1.00. The van der Waals surface area contributed by atoms with Gasteiger partial charge in [-0.15, -0.1) is 0 Å². The van der Waals surface area contributed by atoms with Crippen molar-refractivity contribution >= 4 is 0 Å². The maximum absolute atomic E-state index is 14.1. The minimum atomic E-state index is -2.44. The average molecular weight is 231 g/mol. The van der Waals surface area contributed by atoms with Crippen molar-refractivity contribution in [2.75, 3.05) is 6.54 Å². The van der Waals surface area contributed by atoms with E-state index in [0.717, 1.165) is 57.9 Å². The summed E-state index contributed by atoms with van der Waals surface area (Å²) in [5, 5.41) is 3.23. The van der Waals surface area contributed by atoms with Gasteiger partial charge in [0.05, 0.1) is 0 Å². The predicted octanol–water partition coefficient (Wildman–Crippen LogP) is 3.73. The Morgan fingerprint density at radius 2 is 1.62 bits per heavy atom. The molecule has 16 heavy (non-hydrogen) atoms. The van der Waals surface area contributed by atoms with Crippen LogP contribution in [0.5, 0.6) is 0 Å². The highest BCUT2D eigenvalue weighted by Gasteiger charge is 2.41. The summed E-state index contributed by atoms with van der Waals surface area (Å²) in [7, 11) is 0. The lowest BCUT2D eigenvalue weighted by atomic mass is 9.81. The third-order valence-electron chi connectivity index (χ3n) is 4.13. The molecule has 0 aromatic heterocycles. The van der Waals surface area contributed by atoms with Gasteiger partial charge in [-0.25, -0.2) is 8.78 Å². The summed E-state index contributed by atoms with van der Waals surface area (Å²) in [5.41, 5.74) is 0. The Hall–Kier alpha value is -0.180. The second kappa shape index (κ2) is 5.44. The molecule has 1 unspecified atom stereocenters. The Morgan fingerprint density at radius 1 is 0.938 bits per heavy atom. The van der Waals surface area contributed by atoms with Crippen LogP contribution >= 0.6 is 0 Å². The van der Waals surface area contributed by atoms with E-state index in [4.69, 9.17) is 0 Å². The van der Waals surface area contributed by atoms with Crippen molar-refractivity contribution in [2.24, 2.45) is 5.92 Å². The first-order chi connectivity index (χ1) is 7.68. The second-order valence-corrected chi connectivity index (χ2v) is 5.45. The van der Waals surface area contributed by atoms with Crippen LogP contribution in [0.15, 0.2) is 0 Å². The molecule has 1 aliphatic heterocycles. The molecule has 94 valence electrons. The number of hydrogen-bond donors (Lipinski definition) is 1. The molecule has 0 aromatic rings. The molecule has 0 aromatic carbocycles. The first kappa shape index (κ1) is 12.3. The summed E-state index contributed by atoms with van der Waals surface area (Å²) in [6.45, 7) is 0.922. The molecule has 0 radical (unpaired) electrons. The van der Waals surface area contributed by atoms with E-state index in [2.05, 4.69) is 5.32 Å². The molecule has 1 saturated carbocycles. The van der Waals surface area contributed by atoms with E-state index in [-0.39, 0.29) is 18.4 Å². The Morgan fingerprint density at radius 3 is 2.25 bits per heavy atom. The van der Waals surface area contributed by atoms with Gasteiger partial charge in [-0.05, 0) is 32.2 Å². The van der Waals surface area contributed by atoms with Crippen LogP contribution in [0.3, 0.4) is 0 Å². The van der Waals surface area contributed by atoms with Crippen LogP contribution < -0.4 is 5.32 Å². The van der Waals surface area contributed by atoms with Gasteiger partial charge in [0.2, 0.25) is 0 Å². The van der Waals surface area contributed by atoms with Gasteiger partial charge in [0, 0.05) is 18.4 Å². The van der Waals surface area contributed by atoms with Crippen LogP contribution in [-0.4, -0.2) is 18.5 Å². The summed E-state index contributed by atoms with van der Waals surface area (Å²) >= 11 is 0. The highest BCUT2D eigenvalue weighted by atomic mass is 19.3. The molecule has 2 fully saturated rings. The van der Waals surface area contributed by atoms with E-state index in [1.54, 1.807) is 0 Å². The summed E-state index contributed by atoms with van der Waals surface area (Å²) in [5.74, 6) is -2.78. The van der Waals surface area contributed by atoms with Crippen molar-refractivity contribution in [3.8, 4) is 0 Å². The van der Waals surface area contributed by atoms with Crippen LogP contribution in [0.4, 0.5) is 8.78 Å². The van der Waals surface area contributed by atoms with Crippen molar-refractivity contribution < 1.29 is 8.78 Å². The summed E-state index contributed by atoms with van der Waals surface area (Å²) in [6, 6.07) is 0.0608. The molecule has 2 aliphatic rings. The highest BCUT2D eigenvalue weighted by molar-refractivity contribution is 4.86. The SMILES string of the molecule is FC(F)(CC1CCCCN1)C1CCCCC1. The standard InChI is InChI=1S/C13H23F2N/c14-13(15,11-6-2-1-3-7-11)10-12-8-4-5-9-16-12/h11-12,16H,1-10H2. The zero-order valence-corrected chi connectivity index (χ0v) is 9.98. The fourth-order valence-corrected chi connectivity index (χ4v) is 3.12. The molecule has 0 amide bonds. The van der Waals surface area contributed by atoms with E-state index >= 15 is 0 Å². The first-order valence-corrected chi connectivity index (χ1v) is 6.80. The molecule has 1 saturated heterocycles. The Labute approximate surface area is 97.0 Å². The summed E-state index contributed by atoms with van der Waals surface area (Å²) in [4.78, 5) is 0. The summed E-state index contributed by atoms with van der Waals surface area (Å²) in [6.07, 6.45) is 7.87. The third kappa shape index (κ3) is 3.16. The lowest BCUT2D eigenvalue weighted by Crippen LogP contribution is -2.42. The molecular formula is C13H23F2N. The van der Waals surface area contributed by atoms with Crippen molar-refractivity contribution in [1.29, 1.82) is 0 Å². The second-order valence-electron chi connectivity index (χ2n) is 5.45. The lowest BCUT2D eigenvalue weighted by molar-refractivity contribution is -0.0852. The lowest BCUT2D eigenvalue weighted by Gasteiger charge is -2.34. The average Bonchev–Trinajstić information content (AvgIpc) is 2.31. The molecular weight excluding hydrogens is 208 g/mol. The quantitative estimate of drug-likeness (QED) is 0.780. The largest absolute Gasteiger partial charge is 0.314 e. The van der Waals surface area contributed by atoms with E-state index in [1.807, 2.05) is 0 Å². The van der Waals surface area contributed by atoms with Crippen LogP contribution in [0, 0.1) is 5.92 Å². The van der Waals surface area contributed by atoms with E-state index in [0.29, 0.717) is 0 Å². The molecule has 1 nitrogen and oxygen atoms in total. The zero-order chi connectivity index (χ0) is 11.4. The van der Waals surface area contributed by atoms with Crippen LogP contribution in [0.25, 0.3) is 0 Å². The van der Waals surface area contributed by atoms with E-state index in [1.165, 1.54) is 0 Å². The number of halogens is 2. The Bertz CT molecular complexity index is 206. The fourth-order valence-electron chi connectivity index (χ4n) is 3.12. The Balaban J connectivity index is 1.84. The van der Waals surface area contributed by atoms with Crippen molar-refractivity contribution in [3.63, 3.8) is 0 Å². The van der Waals surface area contributed by atoms with Gasteiger partial charge in [-0.1, -0.05) is 25.7 Å². The maximum atomic E-state index is 14.1. The van der Waals surface area contributed by atoms with Crippen molar-refractivity contribution in [2.45, 2.75) is 69.8 Å². The number of rotatable bonds is 3. The van der Waals surface area contributed by atoms with Crippen LogP contribution in [0.2, 0.25) is 0 Å². The molecule has 3 heteroatoms. The Kier molecular flexibility index (Phi) is 4.17. The molecule has 1 heterocycles. The number of piperidine rings is 1. The van der Waals surface area contributed by atoms with Gasteiger partial charge in [0.25, 0.3) is 5.92 Å². The van der Waals surface area contributed by atoms with Gasteiger partial charge in [-0.3, -0.25) is 0 Å². The number of alkyl halides is 2. The molecule has 0 spiro atoms. The van der Waals surface area contributed by atoms with Gasteiger partial charge in [-0.2, -0.15) is 0 Å². The van der Waals surface area contributed by atoms with E-state index in [9.17, 15) is 8.78 Å². The van der Waals surface area contributed by atoms with Gasteiger partial charge >= 0.3 is 0 Å². The van der Waals surface area contributed by atoms with Crippen LogP contribution in [0.1, 0.15) is 57.8 Å². The van der Waals surface area contributed by atoms with Gasteiger partial charge in [0.1, 0.15) is 0 Å². The normalized spacial score (nSPS) is 29.2. The zero-order valence-electron chi connectivity index (χ0n) is 9.98. The predicted molar refractivity (Wildman–Crippen MR) is 61.8 cm³/mol. The monoisotopic (exact) mass is 231 g/mol. The smallest absolute Gasteiger partial charge is 0.252 e. The van der Waals surface area contributed by atoms with Crippen LogP contribution in [-0.2, 0) is 0 Å². The van der Waals surface area contributed by atoms with Crippen molar-refractivity contribution in [1.82, 2.24) is 5.32 Å². The topological polar surface area (TPSA) is 12.0 Å². The molecule has 2 rings (SSSR count).